The summed E-state index contributed by atoms with van der Waals surface area (Å²) in [5, 5.41) is 5.88. The minimum absolute atomic E-state index is 0.231. The second-order valence-corrected chi connectivity index (χ2v) is 10.0. The standard InChI is InChI=1S/C23H28N4O2S/c1-3-12-30(28,29)27-10-6-21(7-11-27)26-23-15-20(18-5-9-25-17(2)13-18)14-19-4-8-24-16-22(19)23/h4-5,8-9,13-16,21,26H,3,6-7,10-12H2,1-2H3. The SMILES string of the molecule is CCCS(=O)(=O)N1CCC(Nc2cc(-c3ccnc(C)c3)cc3ccncc23)CC1. The van der Waals surface area contributed by atoms with E-state index >= 15 is 0 Å². The van der Waals surface area contributed by atoms with E-state index in [0.29, 0.717) is 19.5 Å². The largest absolute Gasteiger partial charge is 0.382 e. The van der Waals surface area contributed by atoms with Gasteiger partial charge in [0.05, 0.1) is 5.75 Å². The fraction of sp³-hybridized carbons (Fsp3) is 0.391. The summed E-state index contributed by atoms with van der Waals surface area (Å²) in [5.41, 5.74) is 4.28. The number of piperidine rings is 1. The molecule has 1 aromatic carbocycles. The van der Waals surface area contributed by atoms with E-state index in [1.54, 1.807) is 4.31 Å². The molecule has 2 aromatic heterocycles. The van der Waals surface area contributed by atoms with Crippen molar-refractivity contribution in [3.63, 3.8) is 0 Å². The summed E-state index contributed by atoms with van der Waals surface area (Å²) in [5.74, 6) is 0.231. The van der Waals surface area contributed by atoms with Crippen molar-refractivity contribution in [2.75, 3.05) is 24.2 Å². The normalized spacial score (nSPS) is 16.1. The third-order valence-electron chi connectivity index (χ3n) is 5.65. The van der Waals surface area contributed by atoms with Crippen LogP contribution in [0.1, 0.15) is 31.9 Å². The van der Waals surface area contributed by atoms with Gasteiger partial charge in [0.15, 0.2) is 0 Å². The molecule has 4 rings (SSSR count). The predicted octanol–water partition coefficient (Wildman–Crippen LogP) is 4.22. The minimum atomic E-state index is -3.12. The minimum Gasteiger partial charge on any atom is -0.382 e. The summed E-state index contributed by atoms with van der Waals surface area (Å²) in [7, 11) is -3.12. The number of aryl methyl sites for hydroxylation is 1. The third kappa shape index (κ3) is 4.47. The summed E-state index contributed by atoms with van der Waals surface area (Å²) in [6, 6.07) is 10.7. The first-order valence-electron chi connectivity index (χ1n) is 10.5. The highest BCUT2D eigenvalue weighted by molar-refractivity contribution is 7.89. The number of nitrogens with zero attached hydrogens (tertiary/aromatic N) is 3. The van der Waals surface area contributed by atoms with E-state index in [9.17, 15) is 8.42 Å². The molecule has 7 heteroatoms. The van der Waals surface area contributed by atoms with E-state index in [1.807, 2.05) is 44.6 Å². The zero-order chi connectivity index (χ0) is 21.1. The lowest BCUT2D eigenvalue weighted by molar-refractivity contribution is 0.330. The Balaban J connectivity index is 1.59. The number of benzene rings is 1. The van der Waals surface area contributed by atoms with E-state index in [-0.39, 0.29) is 11.8 Å². The molecule has 6 nitrogen and oxygen atoms in total. The summed E-state index contributed by atoms with van der Waals surface area (Å²) >= 11 is 0. The number of fused-ring (bicyclic) bond motifs is 1. The van der Waals surface area contributed by atoms with Crippen molar-refractivity contribution in [1.82, 2.24) is 14.3 Å². The summed E-state index contributed by atoms with van der Waals surface area (Å²) in [6.45, 7) is 5.04. The van der Waals surface area contributed by atoms with Crippen LogP contribution in [0.15, 0.2) is 48.9 Å². The van der Waals surface area contributed by atoms with Crippen LogP contribution in [0.25, 0.3) is 21.9 Å². The van der Waals surface area contributed by atoms with Gasteiger partial charge in [-0.3, -0.25) is 9.97 Å². The highest BCUT2D eigenvalue weighted by Crippen LogP contribution is 2.32. The maximum atomic E-state index is 12.3. The first-order valence-corrected chi connectivity index (χ1v) is 12.1. The molecule has 1 saturated heterocycles. The van der Waals surface area contributed by atoms with Crippen molar-refractivity contribution in [3.05, 3.63) is 54.6 Å². The molecule has 0 saturated carbocycles. The fourth-order valence-corrected chi connectivity index (χ4v) is 5.64. The lowest BCUT2D eigenvalue weighted by atomic mass is 9.99. The highest BCUT2D eigenvalue weighted by Gasteiger charge is 2.27. The predicted molar refractivity (Wildman–Crippen MR) is 122 cm³/mol. The number of pyridine rings is 2. The Labute approximate surface area is 178 Å². The van der Waals surface area contributed by atoms with E-state index in [4.69, 9.17) is 0 Å². The molecule has 0 radical (unpaired) electrons. The Kier molecular flexibility index (Phi) is 6.01. The Morgan fingerprint density at radius 2 is 1.90 bits per heavy atom. The molecule has 158 valence electrons. The van der Waals surface area contributed by atoms with Crippen molar-refractivity contribution in [2.24, 2.45) is 0 Å². The fourth-order valence-electron chi connectivity index (χ4n) is 4.10. The molecule has 30 heavy (non-hydrogen) atoms. The lowest BCUT2D eigenvalue weighted by Crippen LogP contribution is -2.43. The smallest absolute Gasteiger partial charge is 0.214 e. The average Bonchev–Trinajstić information content (AvgIpc) is 2.74. The van der Waals surface area contributed by atoms with Crippen LogP contribution in [0.4, 0.5) is 5.69 Å². The Hall–Kier alpha value is -2.51. The van der Waals surface area contributed by atoms with Crippen molar-refractivity contribution in [2.45, 2.75) is 39.2 Å². The molecule has 0 aliphatic carbocycles. The number of rotatable bonds is 6. The van der Waals surface area contributed by atoms with E-state index < -0.39 is 10.0 Å². The summed E-state index contributed by atoms with van der Waals surface area (Å²) in [4.78, 5) is 8.61. The summed E-state index contributed by atoms with van der Waals surface area (Å²) < 4.78 is 26.3. The molecule has 1 fully saturated rings. The van der Waals surface area contributed by atoms with Crippen molar-refractivity contribution in [1.29, 1.82) is 0 Å². The van der Waals surface area contributed by atoms with Crippen LogP contribution in [0.3, 0.4) is 0 Å². The first-order chi connectivity index (χ1) is 14.5. The third-order valence-corrected chi connectivity index (χ3v) is 7.73. The molecule has 0 bridgehead atoms. The Morgan fingerprint density at radius 3 is 2.63 bits per heavy atom. The van der Waals surface area contributed by atoms with E-state index in [0.717, 1.165) is 46.1 Å². The summed E-state index contributed by atoms with van der Waals surface area (Å²) in [6.07, 6.45) is 7.78. The first kappa shape index (κ1) is 20.8. The zero-order valence-electron chi connectivity index (χ0n) is 17.5. The molecule has 3 aromatic rings. The number of anilines is 1. The second kappa shape index (κ2) is 8.70. The molecule has 0 unspecified atom stereocenters. The van der Waals surface area contributed by atoms with Crippen molar-refractivity contribution >= 4 is 26.5 Å². The Morgan fingerprint density at radius 1 is 1.10 bits per heavy atom. The number of nitrogens with one attached hydrogen (secondary N) is 1. The van der Waals surface area contributed by atoms with Gasteiger partial charge in [0, 0.05) is 54.5 Å². The maximum absolute atomic E-state index is 12.3. The molecule has 1 N–H and O–H groups in total. The molecule has 3 heterocycles. The van der Waals surface area contributed by atoms with Gasteiger partial charge in [0.25, 0.3) is 0 Å². The maximum Gasteiger partial charge on any atom is 0.214 e. The van der Waals surface area contributed by atoms with Crippen LogP contribution in [0.2, 0.25) is 0 Å². The molecule has 1 aliphatic heterocycles. The van der Waals surface area contributed by atoms with Crippen molar-refractivity contribution < 1.29 is 8.42 Å². The van der Waals surface area contributed by atoms with E-state index in [2.05, 4.69) is 33.5 Å². The van der Waals surface area contributed by atoms with Gasteiger partial charge in [-0.2, -0.15) is 0 Å². The van der Waals surface area contributed by atoms with Crippen LogP contribution in [0.5, 0.6) is 0 Å². The molecule has 0 atom stereocenters. The van der Waals surface area contributed by atoms with Crippen LogP contribution in [-0.4, -0.2) is 47.6 Å². The van der Waals surface area contributed by atoms with Gasteiger partial charge in [-0.15, -0.1) is 0 Å². The Bertz CT molecular complexity index is 1140. The molecular weight excluding hydrogens is 396 g/mol. The number of hydrogen-bond acceptors (Lipinski definition) is 5. The number of hydrogen-bond donors (Lipinski definition) is 1. The topological polar surface area (TPSA) is 75.2 Å². The van der Waals surface area contributed by atoms with Gasteiger partial charge in [-0.1, -0.05) is 6.92 Å². The van der Waals surface area contributed by atoms with Gasteiger partial charge in [0.1, 0.15) is 0 Å². The van der Waals surface area contributed by atoms with E-state index in [1.165, 1.54) is 0 Å². The van der Waals surface area contributed by atoms with Crippen molar-refractivity contribution in [3.8, 4) is 11.1 Å². The molecule has 0 amide bonds. The van der Waals surface area contributed by atoms with Crippen LogP contribution in [-0.2, 0) is 10.0 Å². The highest BCUT2D eigenvalue weighted by atomic mass is 32.2. The van der Waals surface area contributed by atoms with Crippen LogP contribution >= 0.6 is 0 Å². The molecular formula is C23H28N4O2S. The zero-order valence-corrected chi connectivity index (χ0v) is 18.3. The second-order valence-electron chi connectivity index (χ2n) is 7.94. The van der Waals surface area contributed by atoms with Gasteiger partial charge >= 0.3 is 0 Å². The van der Waals surface area contributed by atoms with Crippen LogP contribution in [0, 0.1) is 6.92 Å². The lowest BCUT2D eigenvalue weighted by Gasteiger charge is -2.32. The molecule has 1 aliphatic rings. The van der Waals surface area contributed by atoms with Gasteiger partial charge in [-0.25, -0.2) is 12.7 Å². The van der Waals surface area contributed by atoms with Crippen LogP contribution < -0.4 is 5.32 Å². The average molecular weight is 425 g/mol. The van der Waals surface area contributed by atoms with Gasteiger partial charge in [0.2, 0.25) is 10.0 Å². The monoisotopic (exact) mass is 424 g/mol. The number of sulfonamides is 1. The van der Waals surface area contributed by atoms with Gasteiger partial charge < -0.3 is 5.32 Å². The van der Waals surface area contributed by atoms with Gasteiger partial charge in [-0.05, 0) is 73.0 Å². The molecule has 0 spiro atoms. The quantitative estimate of drug-likeness (QED) is 0.641. The number of aromatic nitrogens is 2.